The Hall–Kier alpha value is -2.22. The molecule has 3 rings (SSSR count). The third-order valence-corrected chi connectivity index (χ3v) is 6.93. The van der Waals surface area contributed by atoms with Crippen LogP contribution in [0.1, 0.15) is 17.5 Å². The molecular formula is C21H21ClFNO4S. The van der Waals surface area contributed by atoms with Gasteiger partial charge < -0.3 is 4.74 Å². The maximum Gasteiger partial charge on any atom is 0.322 e. The molecule has 2 aromatic carbocycles. The lowest BCUT2D eigenvalue weighted by Crippen LogP contribution is -2.38. The maximum absolute atomic E-state index is 13.4. The second kappa shape index (κ2) is 8.65. The average Bonchev–Trinajstić information content (AvgIpc) is 2.70. The van der Waals surface area contributed by atoms with E-state index >= 15 is 0 Å². The molecule has 0 N–H and O–H groups in total. The zero-order chi connectivity index (χ0) is 21.2. The molecule has 154 valence electrons. The van der Waals surface area contributed by atoms with E-state index in [2.05, 4.69) is 4.74 Å². The molecule has 2 aromatic rings. The maximum atomic E-state index is 13.4. The van der Waals surface area contributed by atoms with E-state index in [-0.39, 0.29) is 11.6 Å². The number of hydrogen-bond donors (Lipinski definition) is 0. The van der Waals surface area contributed by atoms with Gasteiger partial charge in [0.1, 0.15) is 5.82 Å². The molecular weight excluding hydrogens is 417 g/mol. The van der Waals surface area contributed by atoms with E-state index in [9.17, 15) is 17.6 Å². The summed E-state index contributed by atoms with van der Waals surface area (Å²) in [5, 5.41) is 0.0780. The molecule has 0 saturated carbocycles. The van der Waals surface area contributed by atoms with Crippen molar-refractivity contribution in [1.29, 1.82) is 0 Å². The van der Waals surface area contributed by atoms with Crippen molar-refractivity contribution < 1.29 is 22.3 Å². The van der Waals surface area contributed by atoms with E-state index in [1.54, 1.807) is 12.1 Å². The first-order chi connectivity index (χ1) is 13.7. The fourth-order valence-electron chi connectivity index (χ4n) is 3.32. The van der Waals surface area contributed by atoms with Crippen molar-refractivity contribution in [3.05, 3.63) is 64.4 Å². The van der Waals surface area contributed by atoms with Crippen LogP contribution < -0.4 is 0 Å². The smallest absolute Gasteiger partial charge is 0.322 e. The van der Waals surface area contributed by atoms with E-state index in [1.165, 1.54) is 10.4 Å². The third-order valence-electron chi connectivity index (χ3n) is 4.92. The SMILES string of the molecule is COC(=O)CS(=O)(=O)N1CC=C(c2ccc(-c3ccc(F)c(Cl)c3)c(C)c2)CC1. The Bertz CT molecular complexity index is 1080. The van der Waals surface area contributed by atoms with Crippen molar-refractivity contribution in [3.8, 4) is 11.1 Å². The second-order valence-corrected chi connectivity index (χ2v) is 9.20. The van der Waals surface area contributed by atoms with Gasteiger partial charge in [-0.25, -0.2) is 12.8 Å². The molecule has 29 heavy (non-hydrogen) atoms. The van der Waals surface area contributed by atoms with Crippen LogP contribution in [0.5, 0.6) is 0 Å². The predicted molar refractivity (Wildman–Crippen MR) is 112 cm³/mol. The molecule has 0 fully saturated rings. The number of benzene rings is 2. The van der Waals surface area contributed by atoms with Gasteiger partial charge in [0.25, 0.3) is 0 Å². The van der Waals surface area contributed by atoms with Gasteiger partial charge in [-0.15, -0.1) is 0 Å². The molecule has 5 nitrogen and oxygen atoms in total. The summed E-state index contributed by atoms with van der Waals surface area (Å²) in [5.74, 6) is -1.88. The Morgan fingerprint density at radius 2 is 1.93 bits per heavy atom. The lowest BCUT2D eigenvalue weighted by Gasteiger charge is -2.25. The van der Waals surface area contributed by atoms with Gasteiger partial charge in [0.05, 0.1) is 12.1 Å². The molecule has 0 unspecified atom stereocenters. The summed E-state index contributed by atoms with van der Waals surface area (Å²) in [6.45, 7) is 2.48. The van der Waals surface area contributed by atoms with Gasteiger partial charge >= 0.3 is 5.97 Å². The number of carbonyl (C=O) groups is 1. The highest BCUT2D eigenvalue weighted by atomic mass is 35.5. The first-order valence-electron chi connectivity index (χ1n) is 9.01. The lowest BCUT2D eigenvalue weighted by atomic mass is 9.93. The first-order valence-corrected chi connectivity index (χ1v) is 11.0. The minimum absolute atomic E-state index is 0.0780. The highest BCUT2D eigenvalue weighted by Crippen LogP contribution is 2.31. The van der Waals surface area contributed by atoms with Crippen LogP contribution in [0.2, 0.25) is 5.02 Å². The summed E-state index contributed by atoms with van der Waals surface area (Å²) >= 11 is 5.89. The van der Waals surface area contributed by atoms with Crippen molar-refractivity contribution in [2.24, 2.45) is 0 Å². The molecule has 8 heteroatoms. The minimum Gasteiger partial charge on any atom is -0.468 e. The number of ether oxygens (including phenoxy) is 1. The fourth-order valence-corrected chi connectivity index (χ4v) is 4.77. The van der Waals surface area contributed by atoms with Crippen LogP contribution >= 0.6 is 11.6 Å². The number of methoxy groups -OCH3 is 1. The molecule has 0 bridgehead atoms. The van der Waals surface area contributed by atoms with Crippen molar-refractivity contribution in [2.75, 3.05) is 26.0 Å². The third kappa shape index (κ3) is 4.86. The summed E-state index contributed by atoms with van der Waals surface area (Å²) in [6.07, 6.45) is 2.41. The summed E-state index contributed by atoms with van der Waals surface area (Å²) in [4.78, 5) is 11.3. The minimum atomic E-state index is -3.69. The molecule has 0 saturated heterocycles. The number of aryl methyl sites for hydroxylation is 1. The Morgan fingerprint density at radius 1 is 1.21 bits per heavy atom. The summed E-state index contributed by atoms with van der Waals surface area (Å²) in [7, 11) is -2.52. The number of esters is 1. The van der Waals surface area contributed by atoms with E-state index in [1.807, 2.05) is 31.2 Å². The van der Waals surface area contributed by atoms with Gasteiger partial charge in [-0.05, 0) is 53.3 Å². The summed E-state index contributed by atoms with van der Waals surface area (Å²) < 4.78 is 43.7. The molecule has 1 heterocycles. The number of sulfonamides is 1. The Morgan fingerprint density at radius 3 is 2.52 bits per heavy atom. The highest BCUT2D eigenvalue weighted by molar-refractivity contribution is 7.89. The molecule has 1 aliphatic heterocycles. The summed E-state index contributed by atoms with van der Waals surface area (Å²) in [5.41, 5.74) is 4.84. The molecule has 0 aliphatic carbocycles. The van der Waals surface area contributed by atoms with Crippen LogP contribution in [0, 0.1) is 12.7 Å². The van der Waals surface area contributed by atoms with Crippen LogP contribution in [0.3, 0.4) is 0 Å². The number of carbonyl (C=O) groups excluding carboxylic acids is 1. The van der Waals surface area contributed by atoms with Crippen LogP contribution in [0.25, 0.3) is 16.7 Å². The zero-order valence-electron chi connectivity index (χ0n) is 16.1. The normalized spacial score (nSPS) is 15.1. The molecule has 1 aliphatic rings. The van der Waals surface area contributed by atoms with Crippen molar-refractivity contribution >= 4 is 33.2 Å². The van der Waals surface area contributed by atoms with Gasteiger partial charge in [-0.1, -0.05) is 41.9 Å². The van der Waals surface area contributed by atoms with Crippen LogP contribution in [0.15, 0.2) is 42.5 Å². The van der Waals surface area contributed by atoms with Crippen LogP contribution in [-0.4, -0.2) is 44.6 Å². The van der Waals surface area contributed by atoms with E-state index in [4.69, 9.17) is 11.6 Å². The van der Waals surface area contributed by atoms with Crippen molar-refractivity contribution in [2.45, 2.75) is 13.3 Å². The van der Waals surface area contributed by atoms with Gasteiger partial charge in [0.2, 0.25) is 10.0 Å². The van der Waals surface area contributed by atoms with Crippen LogP contribution in [0.4, 0.5) is 4.39 Å². The molecule has 0 radical (unpaired) electrons. The fraction of sp³-hybridized carbons (Fsp3) is 0.286. The standard InChI is InChI=1S/C21H21ClFNO4S/c1-14-11-16(3-5-18(14)17-4-6-20(23)19(22)12-17)15-7-9-24(10-8-15)29(26,27)13-21(25)28-2/h3-7,11-12H,8-10,13H2,1-2H3. The zero-order valence-corrected chi connectivity index (χ0v) is 17.7. The predicted octanol–water partition coefficient (Wildman–Crippen LogP) is 4.05. The van der Waals surface area contributed by atoms with Crippen LogP contribution in [-0.2, 0) is 19.6 Å². The van der Waals surface area contributed by atoms with Gasteiger partial charge in [0.15, 0.2) is 5.75 Å². The number of halogens is 2. The molecule has 0 aromatic heterocycles. The number of rotatable bonds is 5. The largest absolute Gasteiger partial charge is 0.468 e. The first kappa shape index (κ1) is 21.5. The van der Waals surface area contributed by atoms with E-state index < -0.39 is 27.6 Å². The Labute approximate surface area is 174 Å². The molecule has 0 atom stereocenters. The summed E-state index contributed by atoms with van der Waals surface area (Å²) in [6, 6.07) is 10.6. The van der Waals surface area contributed by atoms with Crippen molar-refractivity contribution in [1.82, 2.24) is 4.31 Å². The highest BCUT2D eigenvalue weighted by Gasteiger charge is 2.27. The molecule has 0 amide bonds. The van der Waals surface area contributed by atoms with E-state index in [0.29, 0.717) is 13.0 Å². The number of hydrogen-bond acceptors (Lipinski definition) is 4. The van der Waals surface area contributed by atoms with Crippen molar-refractivity contribution in [3.63, 3.8) is 0 Å². The Kier molecular flexibility index (Phi) is 6.41. The topological polar surface area (TPSA) is 63.7 Å². The van der Waals surface area contributed by atoms with Gasteiger partial charge in [-0.2, -0.15) is 4.31 Å². The van der Waals surface area contributed by atoms with E-state index in [0.717, 1.165) is 34.9 Å². The lowest BCUT2D eigenvalue weighted by molar-refractivity contribution is -0.137. The quantitative estimate of drug-likeness (QED) is 0.662. The number of nitrogens with zero attached hydrogens (tertiary/aromatic N) is 1. The monoisotopic (exact) mass is 437 g/mol. The van der Waals surface area contributed by atoms with Gasteiger partial charge in [0, 0.05) is 13.1 Å². The second-order valence-electron chi connectivity index (χ2n) is 6.83. The van der Waals surface area contributed by atoms with Gasteiger partial charge in [-0.3, -0.25) is 4.79 Å². The molecule has 0 spiro atoms. The Balaban J connectivity index is 1.78. The average molecular weight is 438 g/mol.